The third-order valence-corrected chi connectivity index (χ3v) is 3.16. The van der Waals surface area contributed by atoms with Crippen molar-refractivity contribution in [2.24, 2.45) is 0 Å². The minimum Gasteiger partial charge on any atom is -0.382 e. The van der Waals surface area contributed by atoms with Gasteiger partial charge < -0.3 is 5.73 Å². The largest absolute Gasteiger partial charge is 0.382 e. The van der Waals surface area contributed by atoms with E-state index in [0.29, 0.717) is 18.4 Å². The molecule has 19 heavy (non-hydrogen) atoms. The summed E-state index contributed by atoms with van der Waals surface area (Å²) < 4.78 is 0. The molecule has 0 fully saturated rings. The molecule has 2 aromatic rings. The number of aldehydes is 1. The van der Waals surface area contributed by atoms with Crippen LogP contribution in [0.1, 0.15) is 27.3 Å². The van der Waals surface area contributed by atoms with Gasteiger partial charge in [-0.1, -0.05) is 41.4 Å². The average molecular weight is 276 g/mol. The molecule has 0 unspecified atom stereocenters. The van der Waals surface area contributed by atoms with Crippen LogP contribution in [0.25, 0.3) is 0 Å². The lowest BCUT2D eigenvalue weighted by molar-refractivity contribution is 0.111. The number of carbonyl (C=O) groups is 1. The van der Waals surface area contributed by atoms with Gasteiger partial charge in [-0.2, -0.15) is 0 Å². The summed E-state index contributed by atoms with van der Waals surface area (Å²) in [5, 5.41) is 0.239. The number of anilines is 1. The maximum atomic E-state index is 10.7. The van der Waals surface area contributed by atoms with Crippen molar-refractivity contribution < 1.29 is 4.79 Å². The van der Waals surface area contributed by atoms with Crippen LogP contribution in [0, 0.1) is 6.92 Å². The molecule has 4 nitrogen and oxygen atoms in total. The van der Waals surface area contributed by atoms with Crippen LogP contribution < -0.4 is 5.73 Å². The summed E-state index contributed by atoms with van der Waals surface area (Å²) in [7, 11) is 0. The van der Waals surface area contributed by atoms with Crippen LogP contribution in [0.4, 0.5) is 5.82 Å². The number of nitrogen functional groups attached to an aromatic ring is 1. The summed E-state index contributed by atoms with van der Waals surface area (Å²) in [5.74, 6) is 0.123. The lowest BCUT2D eigenvalue weighted by Gasteiger charge is -2.06. The molecule has 0 aliphatic carbocycles. The second kappa shape index (κ2) is 5.80. The Morgan fingerprint density at radius 3 is 2.53 bits per heavy atom. The average Bonchev–Trinajstić information content (AvgIpc) is 2.41. The summed E-state index contributed by atoms with van der Waals surface area (Å²) in [6, 6.07) is 8.26. The van der Waals surface area contributed by atoms with Crippen molar-refractivity contribution >= 4 is 23.7 Å². The van der Waals surface area contributed by atoms with Gasteiger partial charge in [-0.05, 0) is 25.3 Å². The number of aryl methyl sites for hydroxylation is 3. The lowest BCUT2D eigenvalue weighted by Crippen LogP contribution is -2.06. The molecule has 0 amide bonds. The van der Waals surface area contributed by atoms with Crippen molar-refractivity contribution in [2.75, 3.05) is 5.73 Å². The fourth-order valence-corrected chi connectivity index (χ4v) is 1.97. The highest BCUT2D eigenvalue weighted by molar-refractivity contribution is 6.30. The number of halogens is 1. The molecule has 0 saturated heterocycles. The Kier molecular flexibility index (Phi) is 4.12. The van der Waals surface area contributed by atoms with Gasteiger partial charge in [0.15, 0.2) is 17.3 Å². The van der Waals surface area contributed by atoms with Crippen LogP contribution >= 0.6 is 11.6 Å². The highest BCUT2D eigenvalue weighted by atomic mass is 35.5. The van der Waals surface area contributed by atoms with E-state index in [0.717, 1.165) is 6.42 Å². The molecule has 1 aromatic carbocycles. The highest BCUT2D eigenvalue weighted by Crippen LogP contribution is 2.17. The van der Waals surface area contributed by atoms with Crippen molar-refractivity contribution in [3.8, 4) is 0 Å². The van der Waals surface area contributed by atoms with Gasteiger partial charge in [-0.3, -0.25) is 4.79 Å². The molecule has 5 heteroatoms. The molecule has 1 aromatic heterocycles. The minimum absolute atomic E-state index is 0.0871. The molecule has 0 atom stereocenters. The lowest BCUT2D eigenvalue weighted by atomic mass is 10.1. The van der Waals surface area contributed by atoms with Gasteiger partial charge in [-0.15, -0.1) is 0 Å². The molecule has 0 saturated carbocycles. The molecule has 0 aliphatic heterocycles. The fraction of sp³-hybridized carbons (Fsp3) is 0.214. The Morgan fingerprint density at radius 2 is 1.89 bits per heavy atom. The van der Waals surface area contributed by atoms with Gasteiger partial charge in [0.2, 0.25) is 0 Å². The van der Waals surface area contributed by atoms with E-state index in [1.165, 1.54) is 11.1 Å². The standard InChI is InChI=1S/C14H14ClN3O/c1-9-2-4-10(5-3-9)6-7-11-13(15)17-12(8-19)14(16)18-11/h2-5,8H,6-7H2,1H3,(H2,16,18). The number of nitrogens with zero attached hydrogens (tertiary/aromatic N) is 2. The zero-order valence-electron chi connectivity index (χ0n) is 10.6. The number of carbonyl (C=O) groups excluding carboxylic acids is 1. The third kappa shape index (κ3) is 3.29. The monoisotopic (exact) mass is 275 g/mol. The van der Waals surface area contributed by atoms with Crippen molar-refractivity contribution in [1.29, 1.82) is 0 Å². The first-order valence-corrected chi connectivity index (χ1v) is 6.30. The Balaban J connectivity index is 2.13. The van der Waals surface area contributed by atoms with Gasteiger partial charge >= 0.3 is 0 Å². The molecule has 0 bridgehead atoms. The van der Waals surface area contributed by atoms with E-state index < -0.39 is 0 Å². The third-order valence-electron chi connectivity index (χ3n) is 2.86. The first-order chi connectivity index (χ1) is 9.10. The molecule has 0 aliphatic rings. The fourth-order valence-electron chi connectivity index (χ4n) is 1.74. The summed E-state index contributed by atoms with van der Waals surface area (Å²) in [4.78, 5) is 18.7. The molecule has 98 valence electrons. The van der Waals surface area contributed by atoms with Crippen LogP contribution in [-0.4, -0.2) is 16.3 Å². The van der Waals surface area contributed by atoms with E-state index in [9.17, 15) is 4.79 Å². The van der Waals surface area contributed by atoms with Crippen LogP contribution in [-0.2, 0) is 12.8 Å². The molecule has 2 N–H and O–H groups in total. The van der Waals surface area contributed by atoms with E-state index in [2.05, 4.69) is 34.2 Å². The molecule has 0 radical (unpaired) electrons. The van der Waals surface area contributed by atoms with Crippen LogP contribution in [0.15, 0.2) is 24.3 Å². The maximum absolute atomic E-state index is 10.7. The molecule has 1 heterocycles. The van der Waals surface area contributed by atoms with E-state index in [1.54, 1.807) is 0 Å². The zero-order valence-corrected chi connectivity index (χ0v) is 11.3. The van der Waals surface area contributed by atoms with Crippen molar-refractivity contribution in [1.82, 2.24) is 9.97 Å². The molecular formula is C14H14ClN3O. The zero-order chi connectivity index (χ0) is 13.8. The first kappa shape index (κ1) is 13.5. The number of hydrogen-bond donors (Lipinski definition) is 1. The Bertz CT molecular complexity index is 596. The van der Waals surface area contributed by atoms with Gasteiger partial charge in [0, 0.05) is 0 Å². The predicted octanol–water partition coefficient (Wildman–Crippen LogP) is 2.62. The highest BCUT2D eigenvalue weighted by Gasteiger charge is 2.09. The van der Waals surface area contributed by atoms with Gasteiger partial charge in [0.1, 0.15) is 5.69 Å². The van der Waals surface area contributed by atoms with E-state index in [4.69, 9.17) is 17.3 Å². The number of rotatable bonds is 4. The predicted molar refractivity (Wildman–Crippen MR) is 75.4 cm³/mol. The maximum Gasteiger partial charge on any atom is 0.172 e. The summed E-state index contributed by atoms with van der Waals surface area (Å²) >= 11 is 5.98. The van der Waals surface area contributed by atoms with Crippen molar-refractivity contribution in [3.63, 3.8) is 0 Å². The normalized spacial score (nSPS) is 10.4. The second-order valence-corrected chi connectivity index (χ2v) is 4.69. The van der Waals surface area contributed by atoms with Crippen LogP contribution in [0.2, 0.25) is 5.15 Å². The SMILES string of the molecule is Cc1ccc(CCc2nc(N)c(C=O)nc2Cl)cc1. The Hall–Kier alpha value is -1.94. The van der Waals surface area contributed by atoms with Crippen LogP contribution in [0.5, 0.6) is 0 Å². The quantitative estimate of drug-likeness (QED) is 0.871. The number of hydrogen-bond acceptors (Lipinski definition) is 4. The Morgan fingerprint density at radius 1 is 1.21 bits per heavy atom. The van der Waals surface area contributed by atoms with Gasteiger partial charge in [-0.25, -0.2) is 9.97 Å². The van der Waals surface area contributed by atoms with E-state index in [-0.39, 0.29) is 16.7 Å². The summed E-state index contributed by atoms with van der Waals surface area (Å²) in [6.07, 6.45) is 1.99. The topological polar surface area (TPSA) is 68.9 Å². The van der Waals surface area contributed by atoms with Gasteiger partial charge in [0.05, 0.1) is 5.69 Å². The molecule has 2 rings (SSSR count). The minimum atomic E-state index is 0.0871. The number of benzene rings is 1. The summed E-state index contributed by atoms with van der Waals surface area (Å²) in [5.41, 5.74) is 8.75. The van der Waals surface area contributed by atoms with Crippen molar-refractivity contribution in [2.45, 2.75) is 19.8 Å². The molecule has 0 spiro atoms. The molecular weight excluding hydrogens is 262 g/mol. The Labute approximate surface area is 116 Å². The van der Waals surface area contributed by atoms with Gasteiger partial charge in [0.25, 0.3) is 0 Å². The number of aromatic nitrogens is 2. The first-order valence-electron chi connectivity index (χ1n) is 5.92. The van der Waals surface area contributed by atoms with E-state index in [1.807, 2.05) is 6.92 Å². The number of nitrogens with two attached hydrogens (primary N) is 1. The van der Waals surface area contributed by atoms with Crippen LogP contribution in [0.3, 0.4) is 0 Å². The second-order valence-electron chi connectivity index (χ2n) is 4.34. The van der Waals surface area contributed by atoms with E-state index >= 15 is 0 Å². The smallest absolute Gasteiger partial charge is 0.172 e. The summed E-state index contributed by atoms with van der Waals surface area (Å²) in [6.45, 7) is 2.05. The van der Waals surface area contributed by atoms with Crippen molar-refractivity contribution in [3.05, 3.63) is 51.9 Å².